The zero-order valence-corrected chi connectivity index (χ0v) is 14.3. The first kappa shape index (κ1) is 18.5. The van der Waals surface area contributed by atoms with Crippen molar-refractivity contribution in [1.29, 1.82) is 0 Å². The van der Waals surface area contributed by atoms with Gasteiger partial charge in [-0.2, -0.15) is 0 Å². The highest BCUT2D eigenvalue weighted by Crippen LogP contribution is 2.47. The smallest absolute Gasteiger partial charge is 0.309 e. The van der Waals surface area contributed by atoms with Crippen LogP contribution in [-0.2, 0) is 4.79 Å². The standard InChI is InChI=1S/C19H36O2/c1-3-5-7-9-13-17-14-10-12-16-19(17,18(20)21)15-11-8-6-4-2/h17H,3-16H2,1-2H3,(H,20,21). The summed E-state index contributed by atoms with van der Waals surface area (Å²) >= 11 is 0. The van der Waals surface area contributed by atoms with E-state index in [1.807, 2.05) is 0 Å². The second-order valence-corrected chi connectivity index (χ2v) is 7.06. The Kier molecular flexibility index (Phi) is 9.03. The molecule has 21 heavy (non-hydrogen) atoms. The fourth-order valence-electron chi connectivity index (χ4n) is 4.13. The van der Waals surface area contributed by atoms with E-state index in [0.29, 0.717) is 5.92 Å². The van der Waals surface area contributed by atoms with E-state index in [1.165, 1.54) is 51.4 Å². The lowest BCUT2D eigenvalue weighted by Crippen LogP contribution is -2.41. The normalized spacial score (nSPS) is 25.9. The zero-order valence-electron chi connectivity index (χ0n) is 14.3. The lowest BCUT2D eigenvalue weighted by Gasteiger charge is -2.41. The summed E-state index contributed by atoms with van der Waals surface area (Å²) in [5, 5.41) is 9.92. The lowest BCUT2D eigenvalue weighted by molar-refractivity contribution is -0.156. The summed E-state index contributed by atoms with van der Waals surface area (Å²) in [6.07, 6.45) is 16.3. The predicted molar refractivity (Wildman–Crippen MR) is 89.5 cm³/mol. The van der Waals surface area contributed by atoms with E-state index in [9.17, 15) is 9.90 Å². The van der Waals surface area contributed by atoms with Gasteiger partial charge in [-0.25, -0.2) is 0 Å². The molecule has 1 saturated carbocycles. The van der Waals surface area contributed by atoms with Crippen molar-refractivity contribution in [3.8, 4) is 0 Å². The molecule has 0 spiro atoms. The highest BCUT2D eigenvalue weighted by atomic mass is 16.4. The second-order valence-electron chi connectivity index (χ2n) is 7.06. The first-order valence-corrected chi connectivity index (χ1v) is 9.40. The molecule has 0 aliphatic heterocycles. The lowest BCUT2D eigenvalue weighted by atomic mass is 9.62. The Balaban J connectivity index is 2.58. The van der Waals surface area contributed by atoms with E-state index >= 15 is 0 Å². The molecule has 1 aliphatic rings. The third kappa shape index (κ3) is 5.64. The number of hydrogen-bond donors (Lipinski definition) is 1. The van der Waals surface area contributed by atoms with Crippen molar-refractivity contribution < 1.29 is 9.90 Å². The van der Waals surface area contributed by atoms with Crippen LogP contribution in [-0.4, -0.2) is 11.1 Å². The third-order valence-corrected chi connectivity index (χ3v) is 5.52. The molecule has 0 aromatic rings. The molecular formula is C19H36O2. The summed E-state index contributed by atoms with van der Waals surface area (Å²) in [4.78, 5) is 12.0. The third-order valence-electron chi connectivity index (χ3n) is 5.52. The molecule has 2 nitrogen and oxygen atoms in total. The van der Waals surface area contributed by atoms with Gasteiger partial charge in [-0.05, 0) is 31.6 Å². The van der Waals surface area contributed by atoms with Crippen LogP contribution in [0.15, 0.2) is 0 Å². The van der Waals surface area contributed by atoms with Crippen LogP contribution in [0, 0.1) is 11.3 Å². The van der Waals surface area contributed by atoms with E-state index in [1.54, 1.807) is 0 Å². The van der Waals surface area contributed by atoms with E-state index in [-0.39, 0.29) is 0 Å². The van der Waals surface area contributed by atoms with Crippen molar-refractivity contribution >= 4 is 5.97 Å². The average molecular weight is 296 g/mol. The van der Waals surface area contributed by atoms with E-state index in [2.05, 4.69) is 13.8 Å². The molecule has 124 valence electrons. The van der Waals surface area contributed by atoms with E-state index in [0.717, 1.165) is 38.5 Å². The minimum atomic E-state index is -0.501. The van der Waals surface area contributed by atoms with Crippen molar-refractivity contribution in [3.63, 3.8) is 0 Å². The Labute approximate surface area is 131 Å². The molecule has 0 bridgehead atoms. The first-order chi connectivity index (χ1) is 10.2. The van der Waals surface area contributed by atoms with E-state index < -0.39 is 11.4 Å². The molecule has 0 saturated heterocycles. The summed E-state index contributed by atoms with van der Waals surface area (Å²) in [6, 6.07) is 0. The van der Waals surface area contributed by atoms with Gasteiger partial charge in [0.25, 0.3) is 0 Å². The number of carbonyl (C=O) groups is 1. The Bertz CT molecular complexity index is 287. The van der Waals surface area contributed by atoms with Gasteiger partial charge >= 0.3 is 5.97 Å². The van der Waals surface area contributed by atoms with Crippen molar-refractivity contribution in [1.82, 2.24) is 0 Å². The fourth-order valence-corrected chi connectivity index (χ4v) is 4.13. The summed E-state index contributed by atoms with van der Waals surface area (Å²) in [6.45, 7) is 4.44. The molecule has 0 amide bonds. The van der Waals surface area contributed by atoms with Crippen molar-refractivity contribution in [2.24, 2.45) is 11.3 Å². The van der Waals surface area contributed by atoms with Crippen LogP contribution in [0.4, 0.5) is 0 Å². The molecule has 2 unspecified atom stereocenters. The molecule has 0 radical (unpaired) electrons. The predicted octanol–water partition coefficient (Wildman–Crippen LogP) is 6.19. The number of carboxylic acids is 1. The Morgan fingerprint density at radius 3 is 2.29 bits per heavy atom. The largest absolute Gasteiger partial charge is 0.481 e. The Hall–Kier alpha value is -0.530. The van der Waals surface area contributed by atoms with Gasteiger partial charge in [0.1, 0.15) is 0 Å². The number of aliphatic carboxylic acids is 1. The zero-order chi connectivity index (χ0) is 15.6. The summed E-state index contributed by atoms with van der Waals surface area (Å²) in [5.74, 6) is -0.0681. The summed E-state index contributed by atoms with van der Waals surface area (Å²) < 4.78 is 0. The van der Waals surface area contributed by atoms with Gasteiger partial charge in [0.15, 0.2) is 0 Å². The van der Waals surface area contributed by atoms with Crippen LogP contribution >= 0.6 is 0 Å². The first-order valence-electron chi connectivity index (χ1n) is 9.40. The highest BCUT2D eigenvalue weighted by molar-refractivity contribution is 5.75. The van der Waals surface area contributed by atoms with Crippen LogP contribution in [0.1, 0.15) is 104 Å². The number of unbranched alkanes of at least 4 members (excludes halogenated alkanes) is 6. The summed E-state index contributed by atoms with van der Waals surface area (Å²) in [7, 11) is 0. The van der Waals surface area contributed by atoms with Gasteiger partial charge in [0, 0.05) is 0 Å². The van der Waals surface area contributed by atoms with Gasteiger partial charge < -0.3 is 5.11 Å². The second kappa shape index (κ2) is 10.2. The highest BCUT2D eigenvalue weighted by Gasteiger charge is 2.45. The molecule has 1 rings (SSSR count). The van der Waals surface area contributed by atoms with Crippen molar-refractivity contribution in [2.75, 3.05) is 0 Å². The molecular weight excluding hydrogens is 260 g/mol. The summed E-state index contributed by atoms with van der Waals surface area (Å²) in [5.41, 5.74) is -0.391. The molecule has 0 aromatic heterocycles. The van der Waals surface area contributed by atoms with Crippen LogP contribution in [0.5, 0.6) is 0 Å². The molecule has 1 fully saturated rings. The van der Waals surface area contributed by atoms with Gasteiger partial charge in [0.2, 0.25) is 0 Å². The van der Waals surface area contributed by atoms with Crippen molar-refractivity contribution in [3.05, 3.63) is 0 Å². The van der Waals surface area contributed by atoms with Gasteiger partial charge in [-0.3, -0.25) is 4.79 Å². The molecule has 1 aliphatic carbocycles. The molecule has 2 atom stereocenters. The maximum atomic E-state index is 12.0. The minimum absolute atomic E-state index is 0.391. The molecule has 1 N–H and O–H groups in total. The SMILES string of the molecule is CCCCCCC1CCCCC1(CCCCCC)C(=O)O. The molecule has 0 heterocycles. The Morgan fingerprint density at radius 1 is 1.00 bits per heavy atom. The van der Waals surface area contributed by atoms with Crippen molar-refractivity contribution in [2.45, 2.75) is 104 Å². The van der Waals surface area contributed by atoms with Crippen LogP contribution in [0.2, 0.25) is 0 Å². The van der Waals surface area contributed by atoms with Gasteiger partial charge in [-0.15, -0.1) is 0 Å². The topological polar surface area (TPSA) is 37.3 Å². The number of rotatable bonds is 11. The van der Waals surface area contributed by atoms with E-state index in [4.69, 9.17) is 0 Å². The number of hydrogen-bond acceptors (Lipinski definition) is 1. The van der Waals surface area contributed by atoms with Crippen LogP contribution < -0.4 is 0 Å². The fraction of sp³-hybridized carbons (Fsp3) is 0.947. The van der Waals surface area contributed by atoms with Crippen LogP contribution in [0.25, 0.3) is 0 Å². The maximum absolute atomic E-state index is 12.0. The van der Waals surface area contributed by atoms with Gasteiger partial charge in [0.05, 0.1) is 5.41 Å². The minimum Gasteiger partial charge on any atom is -0.481 e. The quantitative estimate of drug-likeness (QED) is 0.462. The Morgan fingerprint density at radius 2 is 1.67 bits per heavy atom. The monoisotopic (exact) mass is 296 g/mol. The van der Waals surface area contributed by atoms with Gasteiger partial charge in [-0.1, -0.05) is 78.1 Å². The maximum Gasteiger partial charge on any atom is 0.309 e. The molecule has 2 heteroatoms. The molecule has 0 aromatic carbocycles. The average Bonchev–Trinajstić information content (AvgIpc) is 2.49. The number of carboxylic acid groups (broad SMARTS) is 1. The van der Waals surface area contributed by atoms with Crippen LogP contribution in [0.3, 0.4) is 0 Å².